The second-order valence-corrected chi connectivity index (χ2v) is 6.79. The lowest BCUT2D eigenvalue weighted by molar-refractivity contribution is 0.386. The van der Waals surface area contributed by atoms with Crippen LogP contribution in [0.1, 0.15) is 44.2 Å². The minimum atomic E-state index is 0.335. The normalized spacial score (nSPS) is 16.9. The van der Waals surface area contributed by atoms with Gasteiger partial charge in [-0.1, -0.05) is 25.8 Å². The third-order valence-corrected chi connectivity index (χ3v) is 5.54. The van der Waals surface area contributed by atoms with Crippen molar-refractivity contribution in [2.24, 2.45) is 0 Å². The topological polar surface area (TPSA) is 30.5 Å². The maximum atomic E-state index is 5.56. The molecule has 1 saturated carbocycles. The van der Waals surface area contributed by atoms with Crippen LogP contribution in [-0.2, 0) is 0 Å². The number of nitrogens with one attached hydrogen (secondary N) is 1. The number of methoxy groups -OCH3 is 2. The molecule has 0 radical (unpaired) electrons. The molecule has 0 saturated heterocycles. The van der Waals surface area contributed by atoms with Crippen molar-refractivity contribution in [3.05, 3.63) is 23.8 Å². The van der Waals surface area contributed by atoms with Gasteiger partial charge in [0.1, 0.15) is 11.5 Å². The molecule has 0 aliphatic heterocycles. The fourth-order valence-corrected chi connectivity index (χ4v) is 4.33. The zero-order valence-corrected chi connectivity index (χ0v) is 14.2. The fraction of sp³-hybridized carbons (Fsp3) is 0.647. The molecular weight excluding hydrogens is 282 g/mol. The molecule has 1 N–H and O–H groups in total. The number of hydrogen-bond donors (Lipinski definition) is 1. The van der Waals surface area contributed by atoms with Gasteiger partial charge in [-0.3, -0.25) is 0 Å². The zero-order chi connectivity index (χ0) is 15.1. The van der Waals surface area contributed by atoms with E-state index in [1.165, 1.54) is 31.2 Å². The van der Waals surface area contributed by atoms with Crippen molar-refractivity contribution in [2.75, 3.05) is 26.5 Å². The van der Waals surface area contributed by atoms with Gasteiger partial charge in [-0.2, -0.15) is 11.8 Å². The molecule has 118 valence electrons. The summed E-state index contributed by atoms with van der Waals surface area (Å²) in [5, 5.41) is 4.44. The Hall–Kier alpha value is -0.870. The molecule has 0 aromatic heterocycles. The lowest BCUT2D eigenvalue weighted by Gasteiger charge is -2.22. The summed E-state index contributed by atoms with van der Waals surface area (Å²) in [5.41, 5.74) is 1.23. The molecule has 1 fully saturated rings. The Morgan fingerprint density at radius 3 is 2.62 bits per heavy atom. The molecule has 0 bridgehead atoms. The van der Waals surface area contributed by atoms with Gasteiger partial charge >= 0.3 is 0 Å². The number of hydrogen-bond acceptors (Lipinski definition) is 4. The van der Waals surface area contributed by atoms with E-state index in [9.17, 15) is 0 Å². The molecule has 21 heavy (non-hydrogen) atoms. The molecule has 1 aromatic carbocycles. The van der Waals surface area contributed by atoms with Gasteiger partial charge in [-0.05, 0) is 25.5 Å². The fourth-order valence-electron chi connectivity index (χ4n) is 2.90. The van der Waals surface area contributed by atoms with Gasteiger partial charge in [0, 0.05) is 28.7 Å². The Bertz CT molecular complexity index is 433. The SMILES string of the molecule is CCNC(CSC1CCCC1)c1ccc(OC)cc1OC. The summed E-state index contributed by atoms with van der Waals surface area (Å²) in [4.78, 5) is 0. The van der Waals surface area contributed by atoms with Crippen LogP contribution in [0.2, 0.25) is 0 Å². The smallest absolute Gasteiger partial charge is 0.127 e. The van der Waals surface area contributed by atoms with Crippen molar-refractivity contribution in [1.82, 2.24) is 5.32 Å². The van der Waals surface area contributed by atoms with Crippen LogP contribution in [0, 0.1) is 0 Å². The summed E-state index contributed by atoms with van der Waals surface area (Å²) < 4.78 is 10.8. The monoisotopic (exact) mass is 309 g/mol. The van der Waals surface area contributed by atoms with E-state index >= 15 is 0 Å². The van der Waals surface area contributed by atoms with Gasteiger partial charge in [-0.25, -0.2) is 0 Å². The Labute approximate surface area is 132 Å². The highest BCUT2D eigenvalue weighted by atomic mass is 32.2. The summed E-state index contributed by atoms with van der Waals surface area (Å²) in [7, 11) is 3.41. The Kier molecular flexibility index (Phi) is 6.71. The van der Waals surface area contributed by atoms with Crippen LogP contribution in [0.3, 0.4) is 0 Å². The van der Waals surface area contributed by atoms with Crippen LogP contribution in [0.25, 0.3) is 0 Å². The number of thioether (sulfide) groups is 1. The molecule has 0 amide bonds. The number of benzene rings is 1. The third kappa shape index (κ3) is 4.55. The van der Waals surface area contributed by atoms with Crippen molar-refractivity contribution < 1.29 is 9.47 Å². The molecule has 0 spiro atoms. The van der Waals surface area contributed by atoms with E-state index in [1.54, 1.807) is 14.2 Å². The first-order valence-electron chi connectivity index (χ1n) is 7.85. The summed E-state index contributed by atoms with van der Waals surface area (Å²) >= 11 is 2.11. The predicted molar refractivity (Wildman–Crippen MR) is 90.7 cm³/mol. The second kappa shape index (κ2) is 8.54. The Morgan fingerprint density at radius 2 is 2.00 bits per heavy atom. The largest absolute Gasteiger partial charge is 0.497 e. The van der Waals surface area contributed by atoms with Gasteiger partial charge in [0.2, 0.25) is 0 Å². The molecular formula is C17H27NO2S. The summed E-state index contributed by atoms with van der Waals surface area (Å²) in [6.07, 6.45) is 5.55. The van der Waals surface area contributed by atoms with E-state index in [4.69, 9.17) is 9.47 Å². The van der Waals surface area contributed by atoms with E-state index in [0.717, 1.165) is 29.0 Å². The van der Waals surface area contributed by atoms with Gasteiger partial charge in [0.05, 0.1) is 14.2 Å². The third-order valence-electron chi connectivity index (χ3n) is 4.07. The average Bonchev–Trinajstić information content (AvgIpc) is 3.04. The minimum Gasteiger partial charge on any atom is -0.497 e. The van der Waals surface area contributed by atoms with Gasteiger partial charge < -0.3 is 14.8 Å². The van der Waals surface area contributed by atoms with E-state index in [0.29, 0.717) is 6.04 Å². The lowest BCUT2D eigenvalue weighted by atomic mass is 10.1. The van der Waals surface area contributed by atoms with Crippen LogP contribution in [0.4, 0.5) is 0 Å². The van der Waals surface area contributed by atoms with Crippen molar-refractivity contribution in [2.45, 2.75) is 43.9 Å². The van der Waals surface area contributed by atoms with Gasteiger partial charge in [0.15, 0.2) is 0 Å². The van der Waals surface area contributed by atoms with Crippen molar-refractivity contribution in [3.8, 4) is 11.5 Å². The maximum absolute atomic E-state index is 5.56. The van der Waals surface area contributed by atoms with Crippen molar-refractivity contribution >= 4 is 11.8 Å². The van der Waals surface area contributed by atoms with Crippen LogP contribution < -0.4 is 14.8 Å². The molecule has 1 unspecified atom stereocenters. The lowest BCUT2D eigenvalue weighted by Crippen LogP contribution is -2.24. The van der Waals surface area contributed by atoms with E-state index < -0.39 is 0 Å². The van der Waals surface area contributed by atoms with E-state index in [-0.39, 0.29) is 0 Å². The highest BCUT2D eigenvalue weighted by molar-refractivity contribution is 7.99. The number of ether oxygens (including phenoxy) is 2. The zero-order valence-electron chi connectivity index (χ0n) is 13.4. The van der Waals surface area contributed by atoms with E-state index in [2.05, 4.69) is 30.1 Å². The molecule has 3 nitrogen and oxygen atoms in total. The predicted octanol–water partition coefficient (Wildman–Crippen LogP) is 4.03. The molecule has 1 atom stereocenters. The minimum absolute atomic E-state index is 0.335. The van der Waals surface area contributed by atoms with Crippen molar-refractivity contribution in [3.63, 3.8) is 0 Å². The molecule has 1 aromatic rings. The van der Waals surface area contributed by atoms with Crippen molar-refractivity contribution in [1.29, 1.82) is 0 Å². The Morgan fingerprint density at radius 1 is 1.24 bits per heavy atom. The summed E-state index contributed by atoms with van der Waals surface area (Å²) in [6.45, 7) is 3.12. The first-order chi connectivity index (χ1) is 10.3. The van der Waals surface area contributed by atoms with Crippen LogP contribution in [-0.4, -0.2) is 31.8 Å². The highest BCUT2D eigenvalue weighted by Gasteiger charge is 2.20. The standard InChI is InChI=1S/C17H27NO2S/c1-4-18-16(12-21-14-7-5-6-8-14)15-10-9-13(19-2)11-17(15)20-3/h9-11,14,16,18H,4-8,12H2,1-3H3. The average molecular weight is 309 g/mol. The summed E-state index contributed by atoms with van der Waals surface area (Å²) in [5.74, 6) is 2.85. The quantitative estimate of drug-likeness (QED) is 0.785. The van der Waals surface area contributed by atoms with Gasteiger partial charge in [0.25, 0.3) is 0 Å². The van der Waals surface area contributed by atoms with E-state index in [1.807, 2.05) is 12.1 Å². The van der Waals surface area contributed by atoms with Crippen LogP contribution in [0.5, 0.6) is 11.5 Å². The molecule has 2 rings (SSSR count). The summed E-state index contributed by atoms with van der Waals surface area (Å²) in [6, 6.07) is 6.45. The highest BCUT2D eigenvalue weighted by Crippen LogP contribution is 2.35. The molecule has 1 aliphatic rings. The van der Waals surface area contributed by atoms with Crippen LogP contribution in [0.15, 0.2) is 18.2 Å². The molecule has 4 heteroatoms. The first kappa shape index (κ1) is 16.5. The van der Waals surface area contributed by atoms with Gasteiger partial charge in [-0.15, -0.1) is 0 Å². The molecule has 1 aliphatic carbocycles. The Balaban J connectivity index is 2.08. The molecule has 0 heterocycles. The first-order valence-corrected chi connectivity index (χ1v) is 8.90. The second-order valence-electron chi connectivity index (χ2n) is 5.46. The maximum Gasteiger partial charge on any atom is 0.127 e. The number of rotatable bonds is 8. The van der Waals surface area contributed by atoms with Crippen LogP contribution >= 0.6 is 11.8 Å².